The van der Waals surface area contributed by atoms with Crippen LogP contribution in [0.2, 0.25) is 0 Å². The number of benzene rings is 1. The highest BCUT2D eigenvalue weighted by molar-refractivity contribution is 5.95. The molecule has 2 saturated heterocycles. The largest absolute Gasteiger partial charge is 0.396 e. The van der Waals surface area contributed by atoms with Crippen molar-refractivity contribution in [1.82, 2.24) is 9.88 Å². The molecule has 1 aromatic heterocycles. The first-order chi connectivity index (χ1) is 13.0. The fraction of sp³-hybridized carbons (Fsp3) is 0.550. The lowest BCUT2D eigenvalue weighted by atomic mass is 9.94. The van der Waals surface area contributed by atoms with Crippen molar-refractivity contribution < 1.29 is 8.78 Å². The number of rotatable bonds is 2. The molecule has 0 radical (unpaired) electrons. The fourth-order valence-corrected chi connectivity index (χ4v) is 4.83. The molecule has 2 atom stereocenters. The summed E-state index contributed by atoms with van der Waals surface area (Å²) in [5.41, 5.74) is 5.99. The van der Waals surface area contributed by atoms with Crippen LogP contribution >= 0.6 is 0 Å². The maximum atomic E-state index is 15.7. The van der Waals surface area contributed by atoms with E-state index in [2.05, 4.69) is 5.32 Å². The van der Waals surface area contributed by atoms with Crippen LogP contribution in [0.1, 0.15) is 37.3 Å². The van der Waals surface area contributed by atoms with Gasteiger partial charge in [-0.1, -0.05) is 0 Å². The Morgan fingerprint density at radius 2 is 1.96 bits per heavy atom. The number of nitrogen functional groups attached to an aromatic ring is 1. The van der Waals surface area contributed by atoms with Crippen molar-refractivity contribution in [2.75, 3.05) is 30.3 Å². The zero-order valence-corrected chi connectivity index (χ0v) is 15.4. The van der Waals surface area contributed by atoms with Crippen molar-refractivity contribution >= 4 is 22.3 Å². The summed E-state index contributed by atoms with van der Waals surface area (Å²) < 4.78 is 32.7. The Morgan fingerprint density at radius 1 is 1.19 bits per heavy atom. The number of nitrogens with one attached hydrogen (secondary N) is 1. The lowest BCUT2D eigenvalue weighted by Crippen LogP contribution is -2.40. The van der Waals surface area contributed by atoms with Gasteiger partial charge in [0.2, 0.25) is 0 Å². The Bertz CT molecular complexity index is 984. The predicted octanol–water partition coefficient (Wildman–Crippen LogP) is 2.69. The summed E-state index contributed by atoms with van der Waals surface area (Å²) in [6.07, 6.45) is 5.70. The van der Waals surface area contributed by atoms with Crippen LogP contribution in [0.4, 0.5) is 20.2 Å². The van der Waals surface area contributed by atoms with Crippen LogP contribution in [0.3, 0.4) is 0 Å². The van der Waals surface area contributed by atoms with E-state index in [1.54, 1.807) is 22.6 Å². The van der Waals surface area contributed by atoms with Gasteiger partial charge in [0.25, 0.3) is 0 Å². The van der Waals surface area contributed by atoms with E-state index in [4.69, 9.17) is 5.73 Å². The Kier molecular flexibility index (Phi) is 3.73. The summed E-state index contributed by atoms with van der Waals surface area (Å²) in [5.74, 6) is -1.07. The summed E-state index contributed by atoms with van der Waals surface area (Å²) >= 11 is 0. The monoisotopic (exact) mass is 374 g/mol. The molecule has 3 N–H and O–H groups in total. The summed E-state index contributed by atoms with van der Waals surface area (Å²) in [4.78, 5) is 14.4. The molecule has 3 heterocycles. The number of piperidine rings is 1. The predicted molar refractivity (Wildman–Crippen MR) is 102 cm³/mol. The van der Waals surface area contributed by atoms with E-state index >= 15 is 8.78 Å². The van der Waals surface area contributed by atoms with E-state index in [0.29, 0.717) is 24.6 Å². The SMILES string of the molecule is Cc1cn(C2CC2)c2c(F)c(N3CC4CCCNC4C3)c(F)c(N)c2c1=O. The third-order valence-electron chi connectivity index (χ3n) is 6.40. The molecule has 0 bridgehead atoms. The topological polar surface area (TPSA) is 63.3 Å². The fourth-order valence-electron chi connectivity index (χ4n) is 4.83. The molecule has 1 aliphatic carbocycles. The van der Waals surface area contributed by atoms with Crippen LogP contribution in [-0.4, -0.2) is 30.2 Å². The second-order valence-electron chi connectivity index (χ2n) is 8.26. The number of nitrogens with zero attached hydrogens (tertiary/aromatic N) is 2. The standard InChI is InChI=1S/C20H24F2N4O/c1-10-7-26(12-4-5-12)18-14(20(10)27)17(23)15(21)19(16(18)22)25-8-11-3-2-6-24-13(11)9-25/h7,11-13,24H,2-6,8-9,23H2,1H3. The maximum absolute atomic E-state index is 15.7. The average molecular weight is 374 g/mol. The van der Waals surface area contributed by atoms with E-state index in [-0.39, 0.29) is 39.8 Å². The van der Waals surface area contributed by atoms with Gasteiger partial charge in [0.1, 0.15) is 5.69 Å². The third kappa shape index (κ3) is 2.47. The van der Waals surface area contributed by atoms with E-state index in [0.717, 1.165) is 32.2 Å². The Labute approximate surface area is 156 Å². The molecule has 2 unspecified atom stereocenters. The molecule has 2 aromatic rings. The lowest BCUT2D eigenvalue weighted by Gasteiger charge is -2.24. The third-order valence-corrected chi connectivity index (χ3v) is 6.40. The molecule has 1 saturated carbocycles. The van der Waals surface area contributed by atoms with Crippen molar-refractivity contribution in [1.29, 1.82) is 0 Å². The number of aryl methyl sites for hydroxylation is 1. The second-order valence-corrected chi connectivity index (χ2v) is 8.26. The van der Waals surface area contributed by atoms with Crippen LogP contribution in [0, 0.1) is 24.5 Å². The quantitative estimate of drug-likeness (QED) is 0.794. The van der Waals surface area contributed by atoms with E-state index in [1.807, 2.05) is 0 Å². The molecule has 1 aromatic carbocycles. The van der Waals surface area contributed by atoms with E-state index < -0.39 is 11.6 Å². The van der Waals surface area contributed by atoms with E-state index in [9.17, 15) is 4.79 Å². The molecule has 3 fully saturated rings. The first-order valence-corrected chi connectivity index (χ1v) is 9.77. The van der Waals surface area contributed by atoms with Gasteiger partial charge >= 0.3 is 0 Å². The van der Waals surface area contributed by atoms with Crippen molar-refractivity contribution in [3.63, 3.8) is 0 Å². The number of anilines is 2. The molecular formula is C20H24F2N4O. The van der Waals surface area contributed by atoms with Crippen LogP contribution < -0.4 is 21.4 Å². The van der Waals surface area contributed by atoms with Crippen molar-refractivity contribution in [3.05, 3.63) is 33.6 Å². The molecule has 2 aliphatic heterocycles. The number of nitrogens with two attached hydrogens (primary N) is 1. The lowest BCUT2D eigenvalue weighted by molar-refractivity contribution is 0.340. The number of halogens is 2. The van der Waals surface area contributed by atoms with Crippen molar-refractivity contribution in [3.8, 4) is 0 Å². The minimum Gasteiger partial charge on any atom is -0.396 e. The molecule has 5 nitrogen and oxygen atoms in total. The van der Waals surface area contributed by atoms with Crippen molar-refractivity contribution in [2.45, 2.75) is 44.7 Å². The highest BCUT2D eigenvalue weighted by atomic mass is 19.1. The van der Waals surface area contributed by atoms with Gasteiger partial charge < -0.3 is 20.5 Å². The molecule has 7 heteroatoms. The smallest absolute Gasteiger partial charge is 0.194 e. The van der Waals surface area contributed by atoms with Gasteiger partial charge in [0.15, 0.2) is 17.1 Å². The zero-order chi connectivity index (χ0) is 18.9. The van der Waals surface area contributed by atoms with Crippen LogP contribution in [-0.2, 0) is 0 Å². The van der Waals surface area contributed by atoms with Crippen LogP contribution in [0.15, 0.2) is 11.0 Å². The minimum absolute atomic E-state index is 0.0182. The first kappa shape index (κ1) is 17.0. The number of aromatic nitrogens is 1. The number of hydrogen-bond acceptors (Lipinski definition) is 4. The molecule has 5 rings (SSSR count). The summed E-state index contributed by atoms with van der Waals surface area (Å²) in [6.45, 7) is 3.78. The van der Waals surface area contributed by atoms with Gasteiger partial charge in [-0.25, -0.2) is 8.78 Å². The summed E-state index contributed by atoms with van der Waals surface area (Å²) in [5, 5.41) is 3.44. The van der Waals surface area contributed by atoms with Gasteiger partial charge in [-0.15, -0.1) is 0 Å². The highest BCUT2D eigenvalue weighted by Crippen LogP contribution is 2.42. The number of hydrogen-bond donors (Lipinski definition) is 2. The molecule has 27 heavy (non-hydrogen) atoms. The van der Waals surface area contributed by atoms with Gasteiger partial charge in [0, 0.05) is 36.9 Å². The van der Waals surface area contributed by atoms with Crippen LogP contribution in [0.25, 0.3) is 10.9 Å². The molecular weight excluding hydrogens is 350 g/mol. The van der Waals surface area contributed by atoms with Gasteiger partial charge in [-0.2, -0.15) is 0 Å². The van der Waals surface area contributed by atoms with Gasteiger partial charge in [-0.05, 0) is 45.1 Å². The molecule has 3 aliphatic rings. The normalized spacial score (nSPS) is 25.2. The molecule has 144 valence electrons. The Balaban J connectivity index is 1.73. The summed E-state index contributed by atoms with van der Waals surface area (Å²) in [6, 6.07) is 0.403. The Morgan fingerprint density at radius 3 is 2.67 bits per heavy atom. The zero-order valence-electron chi connectivity index (χ0n) is 15.4. The Hall–Kier alpha value is -2.15. The molecule has 0 spiro atoms. The number of pyridine rings is 1. The second kappa shape index (κ2) is 5.92. The van der Waals surface area contributed by atoms with Crippen LogP contribution in [0.5, 0.6) is 0 Å². The first-order valence-electron chi connectivity index (χ1n) is 9.77. The van der Waals surface area contributed by atoms with Gasteiger partial charge in [0.05, 0.1) is 16.6 Å². The highest BCUT2D eigenvalue weighted by Gasteiger charge is 2.38. The average Bonchev–Trinajstić information content (AvgIpc) is 3.41. The minimum atomic E-state index is -0.802. The van der Waals surface area contributed by atoms with E-state index in [1.165, 1.54) is 0 Å². The number of fused-ring (bicyclic) bond motifs is 2. The molecule has 0 amide bonds. The maximum Gasteiger partial charge on any atom is 0.194 e. The van der Waals surface area contributed by atoms with Crippen molar-refractivity contribution in [2.24, 2.45) is 5.92 Å². The van der Waals surface area contributed by atoms with Gasteiger partial charge in [-0.3, -0.25) is 4.79 Å². The summed E-state index contributed by atoms with van der Waals surface area (Å²) in [7, 11) is 0.